The van der Waals surface area contributed by atoms with Crippen molar-refractivity contribution in [2.45, 2.75) is 27.5 Å². The van der Waals surface area contributed by atoms with Gasteiger partial charge in [-0.3, -0.25) is 4.79 Å². The fourth-order valence-electron chi connectivity index (χ4n) is 3.25. The monoisotopic (exact) mass is 436 g/mol. The summed E-state index contributed by atoms with van der Waals surface area (Å²) in [5.41, 5.74) is 0.770. The van der Waals surface area contributed by atoms with Gasteiger partial charge in [0.25, 0.3) is 0 Å². The molecule has 1 N–H and O–H groups in total. The maximum atomic E-state index is 13.0. The van der Waals surface area contributed by atoms with Crippen molar-refractivity contribution in [1.29, 1.82) is 0 Å². The van der Waals surface area contributed by atoms with Crippen LogP contribution in [0.15, 0.2) is 63.2 Å². The third-order valence-electron chi connectivity index (χ3n) is 4.87. The molecule has 0 saturated carbocycles. The Morgan fingerprint density at radius 2 is 1.64 bits per heavy atom. The summed E-state index contributed by atoms with van der Waals surface area (Å²) in [5, 5.41) is 2.95. The quantitative estimate of drug-likeness (QED) is 0.689. The number of carbonyl (C=O) groups is 1. The molecular weight excluding hydrogens is 412 g/mol. The van der Waals surface area contributed by atoms with E-state index in [1.165, 1.54) is 16.1 Å². The van der Waals surface area contributed by atoms with Gasteiger partial charge in [-0.15, -0.1) is 23.5 Å². The number of sulfonamides is 1. The second-order valence-electron chi connectivity index (χ2n) is 6.55. The van der Waals surface area contributed by atoms with Crippen molar-refractivity contribution >= 4 is 45.1 Å². The molecule has 2 aromatic rings. The minimum atomic E-state index is -3.54. The van der Waals surface area contributed by atoms with Gasteiger partial charge in [0.05, 0.1) is 4.90 Å². The average molecular weight is 437 g/mol. The Labute approximate surface area is 175 Å². The number of nitrogens with one attached hydrogen (secondary N) is 1. The number of piperidine rings is 1. The van der Waals surface area contributed by atoms with E-state index >= 15 is 0 Å². The zero-order valence-electron chi connectivity index (χ0n) is 15.9. The van der Waals surface area contributed by atoms with Gasteiger partial charge in [-0.1, -0.05) is 12.1 Å². The molecule has 1 aliphatic rings. The minimum Gasteiger partial charge on any atom is -0.326 e. The maximum absolute atomic E-state index is 13.0. The van der Waals surface area contributed by atoms with Crippen LogP contribution < -0.4 is 5.32 Å². The number of benzene rings is 2. The number of hydrogen-bond donors (Lipinski definition) is 1. The maximum Gasteiger partial charge on any atom is 0.244 e. The van der Waals surface area contributed by atoms with Crippen molar-refractivity contribution in [2.24, 2.45) is 5.92 Å². The number of amides is 1. The van der Waals surface area contributed by atoms with Crippen LogP contribution in [0.1, 0.15) is 12.8 Å². The van der Waals surface area contributed by atoms with E-state index in [4.69, 9.17) is 0 Å². The van der Waals surface area contributed by atoms with Crippen LogP contribution in [0.4, 0.5) is 5.69 Å². The Kier molecular flexibility index (Phi) is 7.09. The molecule has 1 saturated heterocycles. The molecule has 2 aromatic carbocycles. The summed E-state index contributed by atoms with van der Waals surface area (Å²) < 4.78 is 27.5. The van der Waals surface area contributed by atoms with E-state index in [2.05, 4.69) is 5.32 Å². The Hall–Kier alpha value is -1.48. The van der Waals surface area contributed by atoms with Gasteiger partial charge in [-0.25, -0.2) is 8.42 Å². The van der Waals surface area contributed by atoms with E-state index in [1.807, 2.05) is 48.9 Å². The number of anilines is 1. The first-order valence-electron chi connectivity index (χ1n) is 9.04. The van der Waals surface area contributed by atoms with E-state index in [0.29, 0.717) is 30.8 Å². The van der Waals surface area contributed by atoms with Gasteiger partial charge in [0.15, 0.2) is 0 Å². The van der Waals surface area contributed by atoms with Gasteiger partial charge >= 0.3 is 0 Å². The van der Waals surface area contributed by atoms with Gasteiger partial charge < -0.3 is 5.32 Å². The van der Waals surface area contributed by atoms with E-state index < -0.39 is 10.0 Å². The first-order chi connectivity index (χ1) is 13.5. The van der Waals surface area contributed by atoms with Crippen LogP contribution in [0, 0.1) is 5.92 Å². The lowest BCUT2D eigenvalue weighted by Gasteiger charge is -2.31. The molecule has 8 heteroatoms. The molecule has 1 fully saturated rings. The number of carbonyl (C=O) groups excluding carboxylic acids is 1. The first kappa shape index (κ1) is 21.2. The molecule has 5 nitrogen and oxygen atoms in total. The Morgan fingerprint density at radius 1 is 1.00 bits per heavy atom. The number of nitrogens with zero attached hydrogens (tertiary/aromatic N) is 1. The molecule has 28 heavy (non-hydrogen) atoms. The fourth-order valence-corrected chi connectivity index (χ4v) is 6.25. The van der Waals surface area contributed by atoms with Gasteiger partial charge in [-0.2, -0.15) is 4.31 Å². The lowest BCUT2D eigenvalue weighted by atomic mass is 9.97. The molecule has 0 bridgehead atoms. The average Bonchev–Trinajstić information content (AvgIpc) is 2.74. The number of rotatable bonds is 6. The third kappa shape index (κ3) is 4.74. The van der Waals surface area contributed by atoms with Crippen LogP contribution in [0.3, 0.4) is 0 Å². The lowest BCUT2D eigenvalue weighted by molar-refractivity contribution is -0.120. The van der Waals surface area contributed by atoms with E-state index in [1.54, 1.807) is 23.9 Å². The molecule has 0 unspecified atom stereocenters. The van der Waals surface area contributed by atoms with Gasteiger partial charge in [0.1, 0.15) is 0 Å². The molecule has 1 aliphatic heterocycles. The highest BCUT2D eigenvalue weighted by Gasteiger charge is 2.33. The van der Waals surface area contributed by atoms with Crippen LogP contribution in [-0.2, 0) is 14.8 Å². The summed E-state index contributed by atoms with van der Waals surface area (Å²) in [4.78, 5) is 14.8. The zero-order valence-corrected chi connectivity index (χ0v) is 18.4. The van der Waals surface area contributed by atoms with Gasteiger partial charge in [0.2, 0.25) is 15.9 Å². The molecule has 0 spiro atoms. The molecule has 1 amide bonds. The molecule has 0 radical (unpaired) electrons. The van der Waals surface area contributed by atoms with Crippen LogP contribution in [0.5, 0.6) is 0 Å². The summed E-state index contributed by atoms with van der Waals surface area (Å²) in [5.74, 6) is -0.221. The van der Waals surface area contributed by atoms with Crippen molar-refractivity contribution in [3.8, 4) is 0 Å². The smallest absolute Gasteiger partial charge is 0.244 e. The Balaban J connectivity index is 1.62. The van der Waals surface area contributed by atoms with E-state index in [0.717, 1.165) is 15.5 Å². The Bertz CT molecular complexity index is 922. The molecule has 0 atom stereocenters. The first-order valence-corrected chi connectivity index (χ1v) is 12.9. The molecule has 0 aromatic heterocycles. The van der Waals surface area contributed by atoms with Gasteiger partial charge in [0, 0.05) is 34.5 Å². The molecular formula is C20H24N2O3S3. The SMILES string of the molecule is CSc1ccc(NC(=O)C2CCN(S(=O)(=O)c3ccccc3SC)CC2)cc1. The molecule has 1 heterocycles. The second kappa shape index (κ2) is 9.35. The lowest BCUT2D eigenvalue weighted by Crippen LogP contribution is -2.41. The van der Waals surface area contributed by atoms with Crippen molar-refractivity contribution in [3.63, 3.8) is 0 Å². The summed E-state index contributed by atoms with van der Waals surface area (Å²) in [6, 6.07) is 14.8. The van der Waals surface area contributed by atoms with Crippen molar-refractivity contribution in [2.75, 3.05) is 30.9 Å². The molecule has 3 rings (SSSR count). The number of thioether (sulfide) groups is 2. The summed E-state index contributed by atoms with van der Waals surface area (Å²) in [6.45, 7) is 0.711. The largest absolute Gasteiger partial charge is 0.326 e. The summed E-state index contributed by atoms with van der Waals surface area (Å²) >= 11 is 3.08. The van der Waals surface area contributed by atoms with Crippen LogP contribution >= 0.6 is 23.5 Å². The zero-order chi connectivity index (χ0) is 20.1. The van der Waals surface area contributed by atoms with Crippen molar-refractivity contribution in [3.05, 3.63) is 48.5 Å². The highest BCUT2D eigenvalue weighted by molar-refractivity contribution is 7.99. The predicted molar refractivity (Wildman–Crippen MR) is 117 cm³/mol. The van der Waals surface area contributed by atoms with E-state index in [9.17, 15) is 13.2 Å². The highest BCUT2D eigenvalue weighted by atomic mass is 32.2. The third-order valence-corrected chi connectivity index (χ3v) is 8.49. The van der Waals surface area contributed by atoms with Crippen LogP contribution in [-0.4, -0.2) is 44.2 Å². The Morgan fingerprint density at radius 3 is 2.25 bits per heavy atom. The minimum absolute atomic E-state index is 0.0431. The topological polar surface area (TPSA) is 66.5 Å². The van der Waals surface area contributed by atoms with Crippen LogP contribution in [0.2, 0.25) is 0 Å². The predicted octanol–water partition coefficient (Wildman–Crippen LogP) is 4.17. The standard InChI is InChI=1S/C20H24N2O3S3/c1-26-17-9-7-16(8-10-17)21-20(23)15-11-13-22(14-12-15)28(24,25)19-6-4-3-5-18(19)27-2/h3-10,15H,11-14H2,1-2H3,(H,21,23). The van der Waals surface area contributed by atoms with Crippen molar-refractivity contribution in [1.82, 2.24) is 4.31 Å². The normalized spacial score (nSPS) is 16.1. The fraction of sp³-hybridized carbons (Fsp3) is 0.350. The van der Waals surface area contributed by atoms with Crippen LogP contribution in [0.25, 0.3) is 0 Å². The highest BCUT2D eigenvalue weighted by Crippen LogP contribution is 2.30. The number of hydrogen-bond acceptors (Lipinski definition) is 5. The van der Waals surface area contributed by atoms with Gasteiger partial charge in [-0.05, 0) is 61.8 Å². The second-order valence-corrected chi connectivity index (χ2v) is 10.2. The molecule has 0 aliphatic carbocycles. The molecule has 150 valence electrons. The summed E-state index contributed by atoms with van der Waals surface area (Å²) in [7, 11) is -3.54. The summed E-state index contributed by atoms with van der Waals surface area (Å²) in [6.07, 6.45) is 4.93. The van der Waals surface area contributed by atoms with E-state index in [-0.39, 0.29) is 11.8 Å². The van der Waals surface area contributed by atoms with Crippen molar-refractivity contribution < 1.29 is 13.2 Å².